The summed E-state index contributed by atoms with van der Waals surface area (Å²) in [7, 11) is 0.936. The van der Waals surface area contributed by atoms with Crippen LogP contribution in [-0.2, 0) is 39.8 Å². The summed E-state index contributed by atoms with van der Waals surface area (Å²) in [5.74, 6) is -0.177. The van der Waals surface area contributed by atoms with Crippen molar-refractivity contribution in [1.29, 1.82) is 0 Å². The highest BCUT2D eigenvalue weighted by molar-refractivity contribution is 7.17. The molecule has 3 atom stereocenters. The lowest BCUT2D eigenvalue weighted by atomic mass is 9.95. The monoisotopic (exact) mass is 1060 g/mol. The molecule has 1 saturated heterocycles. The normalized spacial score (nSPS) is 15.5. The summed E-state index contributed by atoms with van der Waals surface area (Å²) in [5, 5.41) is 9.88. The largest absolute Gasteiger partial charge is 0.493 e. The number of alkyl carbamates (subject to hydrolysis) is 1. The Bertz CT molecular complexity index is 2650. The Labute approximate surface area is 437 Å². The van der Waals surface area contributed by atoms with Gasteiger partial charge in [0, 0.05) is 68.0 Å². The first-order valence-electron chi connectivity index (χ1n) is 24.8. The van der Waals surface area contributed by atoms with Crippen LogP contribution in [0.3, 0.4) is 0 Å². The number of anilines is 3. The third-order valence-electron chi connectivity index (χ3n) is 12.5. The van der Waals surface area contributed by atoms with Gasteiger partial charge in [-0.25, -0.2) is 14.2 Å². The zero-order chi connectivity index (χ0) is 53.4. The molecule has 2 aliphatic rings. The first-order valence-corrected chi connectivity index (χ1v) is 26.0. The summed E-state index contributed by atoms with van der Waals surface area (Å²) in [6.07, 6.45) is 3.61. The lowest BCUT2D eigenvalue weighted by Crippen LogP contribution is -2.39. The number of fused-ring (bicyclic) bond motifs is 3. The van der Waals surface area contributed by atoms with Crippen LogP contribution < -0.4 is 40.6 Å². The fourth-order valence-electron chi connectivity index (χ4n) is 8.86. The molecule has 4 aromatic rings. The highest BCUT2D eigenvalue weighted by Crippen LogP contribution is 2.46. The van der Waals surface area contributed by atoms with E-state index in [2.05, 4.69) is 16.0 Å². The Morgan fingerprint density at radius 3 is 2.34 bits per heavy atom. The molecule has 0 saturated carbocycles. The minimum atomic E-state index is -0.859. The van der Waals surface area contributed by atoms with Crippen LogP contribution in [0, 0.1) is 0 Å². The smallest absolute Gasteiger partial charge is 0.411 e. The molecular formula is C53H66ClN6O13P. The molecule has 4 aromatic carbocycles. The molecule has 0 unspecified atom stereocenters. The first-order chi connectivity index (χ1) is 35.5. The zero-order valence-corrected chi connectivity index (χ0v) is 44.2. The predicted octanol–water partition coefficient (Wildman–Crippen LogP) is 9.62. The molecule has 1 fully saturated rings. The van der Waals surface area contributed by atoms with Gasteiger partial charge in [0.2, 0.25) is 11.8 Å². The Kier molecular flexibility index (Phi) is 20.7. The number of nitrogens with zero attached hydrogens (tertiary/aromatic N) is 2. The number of rotatable bonds is 24. The SMILES string of the molecule is COc1cc(C(=O)N2CCC[C@H]2COC(C)=O)c(NC(=O)OCc2ccc(NC(=O)[C@@H](N)CCCCNC(=O)OC(C)(C)C)cc2)cc1OCCCCCC(=O)N1C[C@@H](CCl)c2c1cc(OP=O)c1ccccc21. The van der Waals surface area contributed by atoms with Crippen LogP contribution in [0.1, 0.15) is 113 Å². The second-order valence-corrected chi connectivity index (χ2v) is 19.7. The van der Waals surface area contributed by atoms with E-state index in [4.69, 9.17) is 45.5 Å². The lowest BCUT2D eigenvalue weighted by Gasteiger charge is -2.26. The van der Waals surface area contributed by atoms with Gasteiger partial charge in [-0.1, -0.05) is 36.4 Å². The first kappa shape index (κ1) is 56.6. The summed E-state index contributed by atoms with van der Waals surface area (Å²) >= 11 is 6.42. The van der Waals surface area contributed by atoms with E-state index in [1.807, 2.05) is 24.3 Å². The summed E-state index contributed by atoms with van der Waals surface area (Å²) in [4.78, 5) is 81.0. The number of esters is 1. The Hall–Kier alpha value is -6.69. The van der Waals surface area contributed by atoms with E-state index < -0.39 is 44.4 Å². The average Bonchev–Trinajstić information content (AvgIpc) is 4.01. The number of carbonyl (C=O) groups is 6. The van der Waals surface area contributed by atoms with Gasteiger partial charge in [0.1, 0.15) is 24.6 Å². The van der Waals surface area contributed by atoms with Gasteiger partial charge in [-0.2, -0.15) is 0 Å². The summed E-state index contributed by atoms with van der Waals surface area (Å²) in [5.41, 5.74) is 8.50. The van der Waals surface area contributed by atoms with Crippen molar-refractivity contribution in [2.24, 2.45) is 5.73 Å². The molecule has 0 radical (unpaired) electrons. The molecule has 0 aromatic heterocycles. The van der Waals surface area contributed by atoms with Crippen LogP contribution in [0.25, 0.3) is 10.8 Å². The molecule has 5 N–H and O–H groups in total. The van der Waals surface area contributed by atoms with Gasteiger partial charge in [-0.3, -0.25) is 24.5 Å². The van der Waals surface area contributed by atoms with Gasteiger partial charge in [0.05, 0.1) is 42.7 Å². The zero-order valence-electron chi connectivity index (χ0n) is 42.5. The Morgan fingerprint density at radius 2 is 1.64 bits per heavy atom. The van der Waals surface area contributed by atoms with E-state index in [-0.39, 0.29) is 72.8 Å². The van der Waals surface area contributed by atoms with E-state index in [9.17, 15) is 33.3 Å². The quantitative estimate of drug-likeness (QED) is 0.0168. The molecule has 398 valence electrons. The van der Waals surface area contributed by atoms with Crippen molar-refractivity contribution < 1.29 is 61.5 Å². The number of likely N-dealkylation sites (tertiary alicyclic amines) is 1. The maximum Gasteiger partial charge on any atom is 0.411 e. The van der Waals surface area contributed by atoms with Gasteiger partial charge in [-0.05, 0) is 107 Å². The number of hydrogen-bond donors (Lipinski definition) is 4. The molecule has 0 aliphatic carbocycles. The number of methoxy groups -OCH3 is 1. The van der Waals surface area contributed by atoms with Gasteiger partial charge in [0.25, 0.3) is 5.91 Å². The summed E-state index contributed by atoms with van der Waals surface area (Å²) in [6, 6.07) is 17.9. The van der Waals surface area contributed by atoms with Crippen LogP contribution >= 0.6 is 20.3 Å². The number of alkyl halides is 1. The van der Waals surface area contributed by atoms with E-state index >= 15 is 0 Å². The molecule has 0 spiro atoms. The molecule has 74 heavy (non-hydrogen) atoms. The van der Waals surface area contributed by atoms with Crippen molar-refractivity contribution in [2.75, 3.05) is 61.4 Å². The molecular weight excluding hydrogens is 995 g/mol. The Balaban J connectivity index is 1.04. The van der Waals surface area contributed by atoms with E-state index in [0.29, 0.717) is 99.6 Å². The van der Waals surface area contributed by atoms with E-state index in [1.54, 1.807) is 60.9 Å². The average molecular weight is 1060 g/mol. The number of hydrogen-bond acceptors (Lipinski definition) is 14. The standard InChI is InChI=1S/C53H66ClN6O13P/c1-33(61)70-32-37-14-13-24-59(37)50(64)40-26-45(68-5)46(69-25-12-6-7-18-47(62)60-30-35(29-54)48-39-16-9-8-15-38(39)44(73-74-67)28-43(48)60)27-42(40)58-52(66)71-31-34-19-21-36(22-20-34)57-49(63)41(55)17-10-11-23-56-51(65)72-53(2,3)4/h8-9,15-16,19-22,26-28,35,37,41H,6-7,10-14,17-18,23-25,29-32,55H2,1-5H3,(H,56,65)(H,57,63)(H,58,66)/t35-,37+,41+/m1/s1. The maximum atomic E-state index is 14.2. The van der Waals surface area contributed by atoms with Crippen molar-refractivity contribution in [1.82, 2.24) is 10.2 Å². The maximum absolute atomic E-state index is 14.2. The molecule has 2 heterocycles. The second kappa shape index (κ2) is 27.0. The van der Waals surface area contributed by atoms with E-state index in [0.717, 1.165) is 16.3 Å². The Morgan fingerprint density at radius 1 is 0.878 bits per heavy atom. The number of halogens is 1. The van der Waals surface area contributed by atoms with Crippen LogP contribution in [0.4, 0.5) is 26.7 Å². The van der Waals surface area contributed by atoms with E-state index in [1.165, 1.54) is 26.2 Å². The minimum Gasteiger partial charge on any atom is -0.493 e. The van der Waals surface area contributed by atoms with Crippen LogP contribution in [-0.4, -0.2) is 104 Å². The van der Waals surface area contributed by atoms with Crippen LogP contribution in [0.2, 0.25) is 0 Å². The topological polar surface area (TPSA) is 243 Å². The summed E-state index contributed by atoms with van der Waals surface area (Å²) < 4.78 is 44.8. The van der Waals surface area contributed by atoms with Crippen LogP contribution in [0.5, 0.6) is 17.2 Å². The highest BCUT2D eigenvalue weighted by atomic mass is 35.5. The third kappa shape index (κ3) is 15.7. The molecule has 6 rings (SSSR count). The number of ether oxygens (including phenoxy) is 5. The third-order valence-corrected chi connectivity index (χ3v) is 13.1. The summed E-state index contributed by atoms with van der Waals surface area (Å²) in [6.45, 7) is 7.96. The van der Waals surface area contributed by atoms with Gasteiger partial charge in [0.15, 0.2) is 11.5 Å². The molecule has 5 amide bonds. The van der Waals surface area contributed by atoms with Crippen molar-refractivity contribution in [3.05, 3.63) is 83.4 Å². The van der Waals surface area contributed by atoms with Crippen molar-refractivity contribution in [2.45, 2.75) is 116 Å². The molecule has 19 nitrogen and oxygen atoms in total. The number of benzene rings is 4. The lowest BCUT2D eigenvalue weighted by molar-refractivity contribution is -0.142. The van der Waals surface area contributed by atoms with Gasteiger partial charge in [-0.15, -0.1) is 11.6 Å². The molecule has 2 aliphatic heterocycles. The van der Waals surface area contributed by atoms with Gasteiger partial charge >= 0.3 is 26.8 Å². The number of carbonyl (C=O) groups excluding carboxylic acids is 6. The number of unbranched alkanes of at least 4 members (excludes halogenated alkanes) is 3. The van der Waals surface area contributed by atoms with Crippen molar-refractivity contribution in [3.63, 3.8) is 0 Å². The van der Waals surface area contributed by atoms with Crippen molar-refractivity contribution >= 4 is 84.0 Å². The number of nitrogens with one attached hydrogen (secondary N) is 3. The molecule has 21 heteroatoms. The highest BCUT2D eigenvalue weighted by Gasteiger charge is 2.35. The minimum absolute atomic E-state index is 0.0242. The van der Waals surface area contributed by atoms with Crippen LogP contribution in [0.15, 0.2) is 66.7 Å². The second-order valence-electron chi connectivity index (χ2n) is 19.1. The fourth-order valence-corrected chi connectivity index (χ4v) is 9.34. The van der Waals surface area contributed by atoms with Crippen molar-refractivity contribution in [3.8, 4) is 17.2 Å². The number of nitrogens with two attached hydrogens (primary N) is 1. The van der Waals surface area contributed by atoms with Gasteiger partial charge < -0.3 is 54.4 Å². The predicted molar refractivity (Wildman–Crippen MR) is 281 cm³/mol. The molecule has 0 bridgehead atoms. The fraction of sp³-hybridized carbons (Fsp3) is 0.472. The number of amides is 5.